The summed E-state index contributed by atoms with van der Waals surface area (Å²) in [5, 5.41) is 3.29. The van der Waals surface area contributed by atoms with Crippen LogP contribution in [0.3, 0.4) is 0 Å². The minimum atomic E-state index is -0.0125. The molecule has 0 radical (unpaired) electrons. The molecule has 1 aromatic rings. The van der Waals surface area contributed by atoms with Gasteiger partial charge in [-0.1, -0.05) is 0 Å². The van der Waals surface area contributed by atoms with Crippen molar-refractivity contribution >= 4 is 5.91 Å². The number of rotatable bonds is 1. The van der Waals surface area contributed by atoms with E-state index in [4.69, 9.17) is 4.42 Å². The predicted octanol–water partition coefficient (Wildman–Crippen LogP) is 1.10. The Labute approximate surface area is 89.2 Å². The second kappa shape index (κ2) is 4.06. The van der Waals surface area contributed by atoms with Crippen molar-refractivity contribution < 1.29 is 9.21 Å². The van der Waals surface area contributed by atoms with Gasteiger partial charge < -0.3 is 14.6 Å². The van der Waals surface area contributed by atoms with Crippen LogP contribution in [0.1, 0.15) is 24.4 Å². The van der Waals surface area contributed by atoms with Crippen molar-refractivity contribution in [2.75, 3.05) is 13.1 Å². The van der Waals surface area contributed by atoms with Gasteiger partial charge in [-0.15, -0.1) is 0 Å². The van der Waals surface area contributed by atoms with Crippen LogP contribution in [0.15, 0.2) is 22.8 Å². The van der Waals surface area contributed by atoms with Gasteiger partial charge in [0, 0.05) is 25.2 Å². The van der Waals surface area contributed by atoms with Crippen molar-refractivity contribution in [2.45, 2.75) is 25.9 Å². The number of carbonyl (C=O) groups excluding carboxylic acids is 1. The summed E-state index contributed by atoms with van der Waals surface area (Å²) >= 11 is 0. The molecule has 1 saturated heterocycles. The topological polar surface area (TPSA) is 45.5 Å². The molecule has 0 saturated carbocycles. The third-order valence-corrected chi connectivity index (χ3v) is 2.80. The van der Waals surface area contributed by atoms with Crippen LogP contribution in [-0.4, -0.2) is 36.0 Å². The Morgan fingerprint density at radius 2 is 2.13 bits per heavy atom. The zero-order chi connectivity index (χ0) is 10.8. The number of furan rings is 1. The molecule has 4 nitrogen and oxygen atoms in total. The average molecular weight is 208 g/mol. The fourth-order valence-electron chi connectivity index (χ4n) is 2.06. The molecule has 0 spiro atoms. The SMILES string of the molecule is CC1CNCC(C)N1C(=O)c1ccco1. The molecular formula is C11H16N2O2. The zero-order valence-corrected chi connectivity index (χ0v) is 9.06. The molecular weight excluding hydrogens is 192 g/mol. The van der Waals surface area contributed by atoms with Gasteiger partial charge in [0.25, 0.3) is 5.91 Å². The van der Waals surface area contributed by atoms with Gasteiger partial charge >= 0.3 is 0 Å². The summed E-state index contributed by atoms with van der Waals surface area (Å²) in [6.45, 7) is 5.78. The summed E-state index contributed by atoms with van der Waals surface area (Å²) in [5.41, 5.74) is 0. The van der Waals surface area contributed by atoms with Gasteiger partial charge in [0.1, 0.15) is 0 Å². The number of nitrogens with one attached hydrogen (secondary N) is 1. The summed E-state index contributed by atoms with van der Waals surface area (Å²) in [6.07, 6.45) is 1.53. The Morgan fingerprint density at radius 1 is 1.47 bits per heavy atom. The quantitative estimate of drug-likeness (QED) is 0.751. The van der Waals surface area contributed by atoms with E-state index in [1.807, 2.05) is 18.7 Å². The van der Waals surface area contributed by atoms with E-state index in [1.165, 1.54) is 6.26 Å². The van der Waals surface area contributed by atoms with E-state index in [0.717, 1.165) is 13.1 Å². The molecule has 1 N–H and O–H groups in total. The molecule has 2 rings (SSSR count). The summed E-state index contributed by atoms with van der Waals surface area (Å²) in [6, 6.07) is 3.88. The maximum Gasteiger partial charge on any atom is 0.290 e. The number of carbonyl (C=O) groups is 1. The van der Waals surface area contributed by atoms with Gasteiger partial charge in [0.05, 0.1) is 6.26 Å². The normalized spacial score (nSPS) is 26.7. The van der Waals surface area contributed by atoms with E-state index in [9.17, 15) is 4.79 Å². The van der Waals surface area contributed by atoms with E-state index >= 15 is 0 Å². The zero-order valence-electron chi connectivity index (χ0n) is 9.06. The molecule has 0 aromatic carbocycles. The van der Waals surface area contributed by atoms with Gasteiger partial charge in [-0.05, 0) is 26.0 Å². The highest BCUT2D eigenvalue weighted by atomic mass is 16.3. The second-order valence-electron chi connectivity index (χ2n) is 4.05. The minimum absolute atomic E-state index is 0.0125. The maximum absolute atomic E-state index is 12.1. The molecule has 0 aliphatic carbocycles. The molecule has 1 amide bonds. The Kier molecular flexibility index (Phi) is 2.77. The summed E-state index contributed by atoms with van der Waals surface area (Å²) in [4.78, 5) is 14.0. The van der Waals surface area contributed by atoms with Crippen LogP contribution in [0.4, 0.5) is 0 Å². The lowest BCUT2D eigenvalue weighted by molar-refractivity contribution is 0.0512. The van der Waals surface area contributed by atoms with E-state index in [1.54, 1.807) is 12.1 Å². The van der Waals surface area contributed by atoms with E-state index in [2.05, 4.69) is 5.32 Å². The third-order valence-electron chi connectivity index (χ3n) is 2.80. The van der Waals surface area contributed by atoms with Crippen LogP contribution in [0.2, 0.25) is 0 Å². The van der Waals surface area contributed by atoms with Crippen LogP contribution in [-0.2, 0) is 0 Å². The number of hydrogen-bond acceptors (Lipinski definition) is 3. The van der Waals surface area contributed by atoms with Gasteiger partial charge in [-0.25, -0.2) is 0 Å². The van der Waals surface area contributed by atoms with Crippen LogP contribution in [0.5, 0.6) is 0 Å². The summed E-state index contributed by atoms with van der Waals surface area (Å²) in [5.74, 6) is 0.414. The maximum atomic E-state index is 12.1. The van der Waals surface area contributed by atoms with Gasteiger partial charge in [-0.2, -0.15) is 0 Å². The number of amides is 1. The average Bonchev–Trinajstić information content (AvgIpc) is 2.69. The minimum Gasteiger partial charge on any atom is -0.459 e. The third kappa shape index (κ3) is 1.90. The first-order valence-corrected chi connectivity index (χ1v) is 5.27. The van der Waals surface area contributed by atoms with Crippen molar-refractivity contribution in [3.63, 3.8) is 0 Å². The molecule has 82 valence electrons. The fourth-order valence-corrected chi connectivity index (χ4v) is 2.06. The van der Waals surface area contributed by atoms with Crippen molar-refractivity contribution in [3.05, 3.63) is 24.2 Å². The van der Waals surface area contributed by atoms with Gasteiger partial charge in [-0.3, -0.25) is 4.79 Å². The molecule has 1 aliphatic heterocycles. The smallest absolute Gasteiger partial charge is 0.290 e. The monoisotopic (exact) mass is 208 g/mol. The lowest BCUT2D eigenvalue weighted by Crippen LogP contribution is -2.57. The van der Waals surface area contributed by atoms with Crippen LogP contribution < -0.4 is 5.32 Å². The Hall–Kier alpha value is -1.29. The predicted molar refractivity (Wildman–Crippen MR) is 56.7 cm³/mol. The Balaban J connectivity index is 2.17. The van der Waals surface area contributed by atoms with Gasteiger partial charge in [0.2, 0.25) is 0 Å². The number of piperazine rings is 1. The highest BCUT2D eigenvalue weighted by Gasteiger charge is 2.30. The molecule has 1 fully saturated rings. The molecule has 1 aromatic heterocycles. The molecule has 4 heteroatoms. The first-order valence-electron chi connectivity index (χ1n) is 5.27. The van der Waals surface area contributed by atoms with E-state index < -0.39 is 0 Å². The standard InChI is InChI=1S/C11H16N2O2/c1-8-6-12-7-9(2)13(8)11(14)10-4-3-5-15-10/h3-5,8-9,12H,6-7H2,1-2H3. The van der Waals surface area contributed by atoms with Crippen molar-refractivity contribution in [3.8, 4) is 0 Å². The fraction of sp³-hybridized carbons (Fsp3) is 0.545. The molecule has 2 heterocycles. The van der Waals surface area contributed by atoms with Crippen molar-refractivity contribution in [1.29, 1.82) is 0 Å². The number of hydrogen-bond donors (Lipinski definition) is 1. The molecule has 15 heavy (non-hydrogen) atoms. The lowest BCUT2D eigenvalue weighted by Gasteiger charge is -2.38. The van der Waals surface area contributed by atoms with E-state index in [-0.39, 0.29) is 18.0 Å². The van der Waals surface area contributed by atoms with E-state index in [0.29, 0.717) is 5.76 Å². The highest BCUT2D eigenvalue weighted by Crippen LogP contribution is 2.14. The summed E-state index contributed by atoms with van der Waals surface area (Å²) in [7, 11) is 0. The molecule has 2 atom stereocenters. The van der Waals surface area contributed by atoms with Crippen molar-refractivity contribution in [2.24, 2.45) is 0 Å². The van der Waals surface area contributed by atoms with Gasteiger partial charge in [0.15, 0.2) is 5.76 Å². The Morgan fingerprint density at radius 3 is 2.67 bits per heavy atom. The lowest BCUT2D eigenvalue weighted by atomic mass is 10.1. The van der Waals surface area contributed by atoms with Crippen molar-refractivity contribution in [1.82, 2.24) is 10.2 Å². The highest BCUT2D eigenvalue weighted by molar-refractivity contribution is 5.92. The molecule has 2 unspecified atom stereocenters. The number of nitrogens with zero attached hydrogens (tertiary/aromatic N) is 1. The second-order valence-corrected chi connectivity index (χ2v) is 4.05. The first-order chi connectivity index (χ1) is 7.20. The molecule has 1 aliphatic rings. The van der Waals surface area contributed by atoms with Crippen LogP contribution in [0, 0.1) is 0 Å². The van der Waals surface area contributed by atoms with Crippen LogP contribution >= 0.6 is 0 Å². The largest absolute Gasteiger partial charge is 0.459 e. The molecule has 0 bridgehead atoms. The Bertz CT molecular complexity index is 324. The first kappa shape index (κ1) is 10.2. The summed E-state index contributed by atoms with van der Waals surface area (Å²) < 4.78 is 5.13. The van der Waals surface area contributed by atoms with Crippen LogP contribution in [0.25, 0.3) is 0 Å².